The lowest BCUT2D eigenvalue weighted by molar-refractivity contribution is 0.0231. The third-order valence-electron chi connectivity index (χ3n) is 2.05. The van der Waals surface area contributed by atoms with Gasteiger partial charge in [-0.05, 0) is 40.0 Å². The Kier molecular flexibility index (Phi) is 6.29. The Bertz CT molecular complexity index is 264. The van der Waals surface area contributed by atoms with Crippen LogP contribution in [0.2, 0.25) is 0 Å². The van der Waals surface area contributed by atoms with Crippen LogP contribution in [0.3, 0.4) is 0 Å². The van der Waals surface area contributed by atoms with Crippen molar-refractivity contribution in [1.29, 1.82) is 0 Å². The van der Waals surface area contributed by atoms with Crippen molar-refractivity contribution in [2.45, 2.75) is 53.6 Å². The summed E-state index contributed by atoms with van der Waals surface area (Å²) < 4.78 is 5.39. The number of rotatable bonds is 5. The average Bonchev–Trinajstić information content (AvgIpc) is 2.08. The van der Waals surface area contributed by atoms with E-state index in [4.69, 9.17) is 4.74 Å². The summed E-state index contributed by atoms with van der Waals surface area (Å²) in [7, 11) is 0. The van der Waals surface area contributed by atoms with Gasteiger partial charge in [-0.3, -0.25) is 0 Å². The molecule has 0 unspecified atom stereocenters. The summed E-state index contributed by atoms with van der Waals surface area (Å²) in [5, 5.41) is 0. The monoisotopic (exact) mass is 241 g/mol. The van der Waals surface area contributed by atoms with Gasteiger partial charge in [-0.15, -0.1) is 6.58 Å². The van der Waals surface area contributed by atoms with Crippen molar-refractivity contribution >= 4 is 6.09 Å². The number of hydrogen-bond acceptors (Lipinski definition) is 2. The second kappa shape index (κ2) is 6.67. The van der Waals surface area contributed by atoms with E-state index in [1.807, 2.05) is 27.7 Å². The molecule has 0 bridgehead atoms. The average molecular weight is 241 g/mol. The molecule has 0 atom stereocenters. The van der Waals surface area contributed by atoms with Gasteiger partial charge in [-0.25, -0.2) is 4.79 Å². The topological polar surface area (TPSA) is 29.5 Å². The minimum atomic E-state index is -0.435. The number of carbonyl (C=O) groups is 1. The van der Waals surface area contributed by atoms with Crippen molar-refractivity contribution in [1.82, 2.24) is 4.90 Å². The lowest BCUT2D eigenvalue weighted by Crippen LogP contribution is -2.39. The zero-order valence-electron chi connectivity index (χ0n) is 12.2. The molecule has 0 aromatic rings. The lowest BCUT2D eigenvalue weighted by atomic mass is 10.2. The smallest absolute Gasteiger partial charge is 0.410 e. The van der Waals surface area contributed by atoms with E-state index < -0.39 is 5.60 Å². The van der Waals surface area contributed by atoms with E-state index in [9.17, 15) is 4.79 Å². The largest absolute Gasteiger partial charge is 0.444 e. The molecular weight excluding hydrogens is 214 g/mol. The fourth-order valence-corrected chi connectivity index (χ4v) is 1.35. The van der Waals surface area contributed by atoms with E-state index in [1.165, 1.54) is 0 Å². The molecule has 0 spiro atoms. The van der Waals surface area contributed by atoms with Crippen molar-refractivity contribution in [3.63, 3.8) is 0 Å². The summed E-state index contributed by atoms with van der Waals surface area (Å²) in [6, 6.07) is 0. The zero-order valence-corrected chi connectivity index (χ0v) is 12.2. The van der Waals surface area contributed by atoms with Gasteiger partial charge in [-0.2, -0.15) is 0 Å². The molecular formula is C14H27NO2. The predicted molar refractivity (Wildman–Crippen MR) is 72.1 cm³/mol. The Labute approximate surface area is 106 Å². The molecule has 0 saturated heterocycles. The highest BCUT2D eigenvalue weighted by Gasteiger charge is 2.22. The Morgan fingerprint density at radius 1 is 1.35 bits per heavy atom. The summed E-state index contributed by atoms with van der Waals surface area (Å²) in [4.78, 5) is 13.7. The first kappa shape index (κ1) is 16.0. The van der Waals surface area contributed by atoms with Crippen LogP contribution >= 0.6 is 0 Å². The quantitative estimate of drug-likeness (QED) is 0.684. The molecule has 0 aromatic heterocycles. The second-order valence-corrected chi connectivity index (χ2v) is 6.03. The normalized spacial score (nSPS) is 11.5. The standard InChI is InChI=1S/C14H27NO2/c1-11(2)8-9-15(10-12(3)4)13(16)17-14(5,6)7/h12H,1,8-10H2,2-7H3. The Morgan fingerprint density at radius 2 is 1.88 bits per heavy atom. The molecule has 0 heterocycles. The lowest BCUT2D eigenvalue weighted by Gasteiger charge is -2.28. The summed E-state index contributed by atoms with van der Waals surface area (Å²) >= 11 is 0. The molecule has 0 fully saturated rings. The minimum Gasteiger partial charge on any atom is -0.444 e. The van der Waals surface area contributed by atoms with Crippen molar-refractivity contribution in [2.75, 3.05) is 13.1 Å². The van der Waals surface area contributed by atoms with E-state index in [-0.39, 0.29) is 6.09 Å². The van der Waals surface area contributed by atoms with Gasteiger partial charge in [0.05, 0.1) is 0 Å². The van der Waals surface area contributed by atoms with Gasteiger partial charge in [0.15, 0.2) is 0 Å². The van der Waals surface area contributed by atoms with Gasteiger partial charge >= 0.3 is 6.09 Å². The Hall–Kier alpha value is -0.990. The number of amides is 1. The predicted octanol–water partition coefficient (Wildman–Crippen LogP) is 3.85. The molecule has 3 heteroatoms. The number of nitrogens with zero attached hydrogens (tertiary/aromatic N) is 1. The summed E-state index contributed by atoms with van der Waals surface area (Å²) in [5.74, 6) is 0.438. The summed E-state index contributed by atoms with van der Waals surface area (Å²) in [6.45, 7) is 17.1. The van der Waals surface area contributed by atoms with Gasteiger partial charge in [-0.1, -0.05) is 19.4 Å². The molecule has 0 N–H and O–H groups in total. The highest BCUT2D eigenvalue weighted by molar-refractivity contribution is 5.68. The van der Waals surface area contributed by atoms with Crippen molar-refractivity contribution in [2.24, 2.45) is 5.92 Å². The van der Waals surface area contributed by atoms with E-state index >= 15 is 0 Å². The van der Waals surface area contributed by atoms with E-state index in [2.05, 4.69) is 20.4 Å². The highest BCUT2D eigenvalue weighted by atomic mass is 16.6. The molecule has 1 amide bonds. The van der Waals surface area contributed by atoms with Gasteiger partial charge in [0.25, 0.3) is 0 Å². The molecule has 0 rings (SSSR count). The number of hydrogen-bond donors (Lipinski definition) is 0. The van der Waals surface area contributed by atoms with Crippen LogP contribution in [-0.4, -0.2) is 29.7 Å². The van der Waals surface area contributed by atoms with Crippen LogP contribution in [0.15, 0.2) is 12.2 Å². The van der Waals surface area contributed by atoms with Gasteiger partial charge in [0.2, 0.25) is 0 Å². The molecule has 0 radical (unpaired) electrons. The zero-order chi connectivity index (χ0) is 13.6. The van der Waals surface area contributed by atoms with Crippen molar-refractivity contribution in [3.05, 3.63) is 12.2 Å². The maximum absolute atomic E-state index is 12.0. The number of ether oxygens (including phenoxy) is 1. The maximum atomic E-state index is 12.0. The van der Waals surface area contributed by atoms with E-state index in [0.29, 0.717) is 12.5 Å². The second-order valence-electron chi connectivity index (χ2n) is 6.03. The molecule has 0 aliphatic carbocycles. The van der Waals surface area contributed by atoms with Crippen LogP contribution in [0.25, 0.3) is 0 Å². The molecule has 0 aromatic carbocycles. The fourth-order valence-electron chi connectivity index (χ4n) is 1.35. The van der Waals surface area contributed by atoms with E-state index in [1.54, 1.807) is 4.90 Å². The Balaban J connectivity index is 4.45. The Morgan fingerprint density at radius 3 is 2.24 bits per heavy atom. The maximum Gasteiger partial charge on any atom is 0.410 e. The molecule has 3 nitrogen and oxygen atoms in total. The van der Waals surface area contributed by atoms with Gasteiger partial charge in [0, 0.05) is 13.1 Å². The van der Waals surface area contributed by atoms with Crippen LogP contribution < -0.4 is 0 Å². The first-order chi connectivity index (χ1) is 7.61. The van der Waals surface area contributed by atoms with Crippen LogP contribution in [0.5, 0.6) is 0 Å². The first-order valence-electron chi connectivity index (χ1n) is 6.24. The van der Waals surface area contributed by atoms with E-state index in [0.717, 1.165) is 18.5 Å². The molecule has 0 saturated carbocycles. The van der Waals surface area contributed by atoms with Gasteiger partial charge < -0.3 is 9.64 Å². The fraction of sp³-hybridized carbons (Fsp3) is 0.786. The van der Waals surface area contributed by atoms with Crippen LogP contribution in [0.1, 0.15) is 48.0 Å². The number of carbonyl (C=O) groups excluding carboxylic acids is 1. The van der Waals surface area contributed by atoms with Crippen molar-refractivity contribution < 1.29 is 9.53 Å². The molecule has 0 aliphatic rings. The summed E-state index contributed by atoms with van der Waals surface area (Å²) in [6.07, 6.45) is 0.596. The van der Waals surface area contributed by atoms with Gasteiger partial charge in [0.1, 0.15) is 5.60 Å². The first-order valence-corrected chi connectivity index (χ1v) is 6.24. The molecule has 17 heavy (non-hydrogen) atoms. The molecule has 0 aliphatic heterocycles. The highest BCUT2D eigenvalue weighted by Crippen LogP contribution is 2.12. The van der Waals surface area contributed by atoms with Crippen molar-refractivity contribution in [3.8, 4) is 0 Å². The van der Waals surface area contributed by atoms with Crippen LogP contribution in [-0.2, 0) is 4.74 Å². The van der Waals surface area contributed by atoms with Crippen LogP contribution in [0, 0.1) is 5.92 Å². The SMILES string of the molecule is C=C(C)CCN(CC(C)C)C(=O)OC(C)(C)C. The summed E-state index contributed by atoms with van der Waals surface area (Å²) in [5.41, 5.74) is 0.650. The third-order valence-corrected chi connectivity index (χ3v) is 2.05. The molecule has 100 valence electrons. The third kappa shape index (κ3) is 8.78. The van der Waals surface area contributed by atoms with Crippen LogP contribution in [0.4, 0.5) is 4.79 Å². The minimum absolute atomic E-state index is 0.229.